The van der Waals surface area contributed by atoms with E-state index in [1.54, 1.807) is 6.92 Å². The molecule has 0 rings (SSSR count). The first kappa shape index (κ1) is 15.9. The molecule has 100 valence electrons. The molecule has 0 aliphatic rings. The van der Waals surface area contributed by atoms with Gasteiger partial charge in [0.25, 0.3) is 0 Å². The molecule has 4 N–H and O–H groups in total. The molecule has 0 saturated carbocycles. The Morgan fingerprint density at radius 1 is 1.18 bits per heavy atom. The number of rotatable bonds is 8. The zero-order chi connectivity index (χ0) is 13.4. The molecule has 0 saturated heterocycles. The summed E-state index contributed by atoms with van der Waals surface area (Å²) in [7, 11) is 0. The van der Waals surface area contributed by atoms with E-state index in [0.29, 0.717) is 0 Å². The molecule has 2 amide bonds. The highest BCUT2D eigenvalue weighted by Crippen LogP contribution is 1.97. The molecule has 5 heteroatoms. The van der Waals surface area contributed by atoms with E-state index in [1.807, 2.05) is 13.8 Å². The lowest BCUT2D eigenvalue weighted by molar-refractivity contribution is -0.124. The monoisotopic (exact) mass is 243 g/mol. The van der Waals surface area contributed by atoms with Gasteiger partial charge in [0, 0.05) is 18.5 Å². The Morgan fingerprint density at radius 2 is 1.76 bits per heavy atom. The van der Waals surface area contributed by atoms with Gasteiger partial charge in [0.1, 0.15) is 0 Å². The molecular weight excluding hydrogens is 218 g/mol. The fraction of sp³-hybridized carbons (Fsp3) is 0.833. The zero-order valence-electron chi connectivity index (χ0n) is 11.2. The van der Waals surface area contributed by atoms with Crippen molar-refractivity contribution in [2.24, 2.45) is 5.73 Å². The number of carbonyl (C=O) groups excluding carboxylic acids is 2. The highest BCUT2D eigenvalue weighted by Gasteiger charge is 2.17. The molecule has 0 aromatic heterocycles. The first-order chi connectivity index (χ1) is 7.86. The second-order valence-corrected chi connectivity index (χ2v) is 4.66. The quantitative estimate of drug-likeness (QED) is 0.581. The molecule has 0 fully saturated rings. The summed E-state index contributed by atoms with van der Waals surface area (Å²) in [5.74, 6) is -0.403. The average Bonchev–Trinajstić information content (AvgIpc) is 2.15. The highest BCUT2D eigenvalue weighted by molar-refractivity contribution is 5.81. The number of amides is 2. The van der Waals surface area contributed by atoms with Crippen LogP contribution in [-0.4, -0.2) is 29.9 Å². The fourth-order valence-corrected chi connectivity index (χ4v) is 1.74. The van der Waals surface area contributed by atoms with Crippen molar-refractivity contribution in [1.82, 2.24) is 10.6 Å². The lowest BCUT2D eigenvalue weighted by Gasteiger charge is -2.21. The van der Waals surface area contributed by atoms with Crippen molar-refractivity contribution in [2.45, 2.75) is 65.1 Å². The maximum atomic E-state index is 11.8. The van der Waals surface area contributed by atoms with E-state index in [1.165, 1.54) is 0 Å². The summed E-state index contributed by atoms with van der Waals surface area (Å²) in [4.78, 5) is 22.5. The smallest absolute Gasteiger partial charge is 0.237 e. The lowest BCUT2D eigenvalue weighted by Crippen LogP contribution is -2.48. The summed E-state index contributed by atoms with van der Waals surface area (Å²) in [5.41, 5.74) is 5.09. The van der Waals surface area contributed by atoms with E-state index in [-0.39, 0.29) is 36.4 Å². The van der Waals surface area contributed by atoms with Crippen LogP contribution in [0.15, 0.2) is 0 Å². The van der Waals surface area contributed by atoms with E-state index in [0.717, 1.165) is 12.8 Å². The van der Waals surface area contributed by atoms with Gasteiger partial charge in [0.15, 0.2) is 0 Å². The third-order valence-corrected chi connectivity index (χ3v) is 2.55. The normalized spacial score (nSPS) is 16.0. The van der Waals surface area contributed by atoms with Gasteiger partial charge in [-0.25, -0.2) is 0 Å². The number of primary amides is 1. The van der Waals surface area contributed by atoms with Crippen LogP contribution in [0.1, 0.15) is 47.0 Å². The van der Waals surface area contributed by atoms with E-state index in [4.69, 9.17) is 5.73 Å². The van der Waals surface area contributed by atoms with Crippen LogP contribution >= 0.6 is 0 Å². The largest absolute Gasteiger partial charge is 0.370 e. The van der Waals surface area contributed by atoms with Crippen LogP contribution in [0.2, 0.25) is 0 Å². The first-order valence-corrected chi connectivity index (χ1v) is 6.21. The Balaban J connectivity index is 4.00. The van der Waals surface area contributed by atoms with Crippen LogP contribution < -0.4 is 16.4 Å². The highest BCUT2D eigenvalue weighted by atomic mass is 16.2. The van der Waals surface area contributed by atoms with E-state index in [2.05, 4.69) is 17.6 Å². The number of hydrogen-bond acceptors (Lipinski definition) is 3. The predicted octanol–water partition coefficient (Wildman–Crippen LogP) is 0.533. The topological polar surface area (TPSA) is 84.2 Å². The number of nitrogens with two attached hydrogens (primary N) is 1. The van der Waals surface area contributed by atoms with Gasteiger partial charge in [-0.05, 0) is 27.2 Å². The summed E-state index contributed by atoms with van der Waals surface area (Å²) in [5, 5.41) is 5.97. The molecule has 17 heavy (non-hydrogen) atoms. The molecule has 0 aliphatic heterocycles. The van der Waals surface area contributed by atoms with Crippen molar-refractivity contribution in [2.75, 3.05) is 0 Å². The minimum atomic E-state index is -0.364. The summed E-state index contributed by atoms with van der Waals surface area (Å²) < 4.78 is 0. The van der Waals surface area contributed by atoms with Crippen LogP contribution in [0.4, 0.5) is 0 Å². The molecular formula is C12H25N3O2. The molecule has 0 heterocycles. The van der Waals surface area contributed by atoms with Gasteiger partial charge in [0.05, 0.1) is 6.04 Å². The van der Waals surface area contributed by atoms with Gasteiger partial charge < -0.3 is 16.4 Å². The van der Waals surface area contributed by atoms with E-state index >= 15 is 0 Å². The standard InChI is InChI=1S/C12H25N3O2/c1-5-6-8(2)15-12(17)10(4)14-9(3)7-11(13)16/h8-10,14H,5-7H2,1-4H3,(H2,13,16)(H,15,17). The van der Waals surface area contributed by atoms with Gasteiger partial charge in [0.2, 0.25) is 11.8 Å². The molecule has 3 atom stereocenters. The van der Waals surface area contributed by atoms with Crippen LogP contribution in [0, 0.1) is 0 Å². The lowest BCUT2D eigenvalue weighted by atomic mass is 10.1. The van der Waals surface area contributed by atoms with Gasteiger partial charge in [-0.15, -0.1) is 0 Å². The predicted molar refractivity (Wildman–Crippen MR) is 68.4 cm³/mol. The summed E-state index contributed by atoms with van der Waals surface area (Å²) in [6.45, 7) is 7.69. The summed E-state index contributed by atoms with van der Waals surface area (Å²) in [6, 6.07) is -0.221. The van der Waals surface area contributed by atoms with E-state index in [9.17, 15) is 9.59 Å². The third kappa shape index (κ3) is 7.74. The molecule has 0 radical (unpaired) electrons. The average molecular weight is 243 g/mol. The fourth-order valence-electron chi connectivity index (χ4n) is 1.74. The Kier molecular flexibility index (Phi) is 7.54. The minimum absolute atomic E-state index is 0.0396. The van der Waals surface area contributed by atoms with Gasteiger partial charge in [-0.3, -0.25) is 9.59 Å². The molecule has 0 spiro atoms. The van der Waals surface area contributed by atoms with Crippen molar-refractivity contribution in [3.05, 3.63) is 0 Å². The van der Waals surface area contributed by atoms with Gasteiger partial charge >= 0.3 is 0 Å². The number of carbonyl (C=O) groups is 2. The molecule has 0 aliphatic carbocycles. The summed E-state index contributed by atoms with van der Waals surface area (Å²) >= 11 is 0. The van der Waals surface area contributed by atoms with E-state index < -0.39 is 0 Å². The second kappa shape index (κ2) is 8.06. The maximum Gasteiger partial charge on any atom is 0.237 e. The Bertz CT molecular complexity index is 256. The van der Waals surface area contributed by atoms with Gasteiger partial charge in [-0.1, -0.05) is 13.3 Å². The van der Waals surface area contributed by atoms with Crippen molar-refractivity contribution in [3.63, 3.8) is 0 Å². The van der Waals surface area contributed by atoms with Crippen LogP contribution in [-0.2, 0) is 9.59 Å². The molecule has 0 aromatic rings. The third-order valence-electron chi connectivity index (χ3n) is 2.55. The van der Waals surface area contributed by atoms with Crippen LogP contribution in [0.5, 0.6) is 0 Å². The van der Waals surface area contributed by atoms with Crippen molar-refractivity contribution in [3.8, 4) is 0 Å². The van der Waals surface area contributed by atoms with Crippen molar-refractivity contribution >= 4 is 11.8 Å². The van der Waals surface area contributed by atoms with Gasteiger partial charge in [-0.2, -0.15) is 0 Å². The minimum Gasteiger partial charge on any atom is -0.370 e. The van der Waals surface area contributed by atoms with Crippen LogP contribution in [0.25, 0.3) is 0 Å². The molecule has 0 bridgehead atoms. The molecule has 0 aromatic carbocycles. The Labute approximate surface area is 104 Å². The SMILES string of the molecule is CCCC(C)NC(=O)C(C)NC(C)CC(N)=O. The number of hydrogen-bond donors (Lipinski definition) is 3. The second-order valence-electron chi connectivity index (χ2n) is 4.66. The molecule has 3 unspecified atom stereocenters. The Hall–Kier alpha value is -1.10. The summed E-state index contributed by atoms with van der Waals surface area (Å²) in [6.07, 6.45) is 2.25. The molecule has 5 nitrogen and oxygen atoms in total. The van der Waals surface area contributed by atoms with Crippen molar-refractivity contribution in [1.29, 1.82) is 0 Å². The Morgan fingerprint density at radius 3 is 2.24 bits per heavy atom. The van der Waals surface area contributed by atoms with Crippen molar-refractivity contribution < 1.29 is 9.59 Å². The van der Waals surface area contributed by atoms with Crippen LogP contribution in [0.3, 0.4) is 0 Å². The first-order valence-electron chi connectivity index (χ1n) is 6.21. The maximum absolute atomic E-state index is 11.8. The number of nitrogens with one attached hydrogen (secondary N) is 2. The zero-order valence-corrected chi connectivity index (χ0v) is 11.2.